The fraction of sp³-hybridized carbons (Fsp3) is 0.630. The molecule has 2 aromatic rings. The van der Waals surface area contributed by atoms with Crippen molar-refractivity contribution in [2.75, 3.05) is 20.3 Å². The van der Waals surface area contributed by atoms with Crippen LogP contribution in [0.1, 0.15) is 84.6 Å². The van der Waals surface area contributed by atoms with Gasteiger partial charge in [0.25, 0.3) is 0 Å². The van der Waals surface area contributed by atoms with Gasteiger partial charge in [-0.2, -0.15) is 0 Å². The number of nitrogens with zero attached hydrogens (tertiary/aromatic N) is 2. The molecule has 2 aliphatic heterocycles. The Hall–Kier alpha value is -1.85. The van der Waals surface area contributed by atoms with E-state index in [0.29, 0.717) is 46.5 Å². The van der Waals surface area contributed by atoms with Gasteiger partial charge in [-0.15, -0.1) is 0 Å². The van der Waals surface area contributed by atoms with E-state index in [1.54, 1.807) is 33.1 Å². The number of rotatable bonds is 10. The standard InChI is InChI=1S/C27H37ClN2O7/c1-16-12-20(28)18(14-36-22-8-4-6-10-34-22)24(29-16)26(31)27(32)25-19(21(33-3)13-17(2)30-25)15-37-23-9-5-7-11-35-23/h12-13,22-23,26-27,31-32H,4-11,14-15H2,1-3H3. The van der Waals surface area contributed by atoms with Crippen LogP contribution in [0.5, 0.6) is 5.75 Å². The van der Waals surface area contributed by atoms with Crippen LogP contribution in [-0.4, -0.2) is 53.1 Å². The lowest BCUT2D eigenvalue weighted by Crippen LogP contribution is -2.24. The lowest BCUT2D eigenvalue weighted by Gasteiger charge is -2.27. The first-order chi connectivity index (χ1) is 17.9. The fourth-order valence-corrected chi connectivity index (χ4v) is 4.98. The zero-order valence-electron chi connectivity index (χ0n) is 21.7. The summed E-state index contributed by atoms with van der Waals surface area (Å²) in [6.45, 7) is 5.08. The van der Waals surface area contributed by atoms with E-state index in [2.05, 4.69) is 9.97 Å². The van der Waals surface area contributed by atoms with Gasteiger partial charge in [0.05, 0.1) is 31.7 Å². The molecule has 2 aromatic heterocycles. The van der Waals surface area contributed by atoms with Crippen LogP contribution in [0.15, 0.2) is 12.1 Å². The maximum Gasteiger partial charge on any atom is 0.158 e. The minimum atomic E-state index is -1.42. The van der Waals surface area contributed by atoms with E-state index < -0.39 is 12.2 Å². The number of ether oxygens (including phenoxy) is 5. The molecular formula is C27H37ClN2O7. The van der Waals surface area contributed by atoms with Gasteiger partial charge in [0.1, 0.15) is 18.0 Å². The van der Waals surface area contributed by atoms with E-state index in [-0.39, 0.29) is 37.2 Å². The Bertz CT molecular complexity index is 1040. The molecule has 4 atom stereocenters. The molecule has 9 nitrogen and oxygen atoms in total. The summed E-state index contributed by atoms with van der Waals surface area (Å²) in [5, 5.41) is 23.2. The molecule has 4 heterocycles. The number of methoxy groups -OCH3 is 1. The molecule has 0 spiro atoms. The number of hydrogen-bond donors (Lipinski definition) is 2. The molecule has 0 saturated carbocycles. The highest BCUT2D eigenvalue weighted by Gasteiger charge is 2.31. The molecule has 0 aliphatic carbocycles. The molecule has 37 heavy (non-hydrogen) atoms. The molecule has 0 amide bonds. The molecule has 0 aromatic carbocycles. The molecule has 0 radical (unpaired) electrons. The highest BCUT2D eigenvalue weighted by molar-refractivity contribution is 6.31. The van der Waals surface area contributed by atoms with Gasteiger partial charge in [-0.1, -0.05) is 11.6 Å². The van der Waals surface area contributed by atoms with E-state index in [1.807, 2.05) is 0 Å². The van der Waals surface area contributed by atoms with Gasteiger partial charge in [-0.3, -0.25) is 9.97 Å². The molecule has 2 saturated heterocycles. The topological polar surface area (TPSA) is 112 Å². The summed E-state index contributed by atoms with van der Waals surface area (Å²) in [5.74, 6) is 0.512. The second kappa shape index (κ2) is 13.3. The van der Waals surface area contributed by atoms with E-state index in [4.69, 9.17) is 35.3 Å². The lowest BCUT2D eigenvalue weighted by atomic mass is 9.98. The Labute approximate surface area is 223 Å². The quantitative estimate of drug-likeness (QED) is 0.449. The van der Waals surface area contributed by atoms with Gasteiger partial charge in [0.15, 0.2) is 12.6 Å². The number of aryl methyl sites for hydroxylation is 2. The van der Waals surface area contributed by atoms with Crippen molar-refractivity contribution in [2.24, 2.45) is 0 Å². The molecule has 204 valence electrons. The SMILES string of the molecule is COc1cc(C)nc(C(O)C(O)c2nc(C)cc(Cl)c2COC2CCCCO2)c1COC1CCCCO1. The third kappa shape index (κ3) is 7.17. The monoisotopic (exact) mass is 536 g/mol. The van der Waals surface area contributed by atoms with Crippen LogP contribution in [0.25, 0.3) is 0 Å². The van der Waals surface area contributed by atoms with Crippen LogP contribution in [0, 0.1) is 13.8 Å². The Kier molecular flexibility index (Phi) is 10.1. The van der Waals surface area contributed by atoms with Crippen LogP contribution >= 0.6 is 11.6 Å². The van der Waals surface area contributed by atoms with E-state index in [1.165, 1.54) is 0 Å². The number of aliphatic hydroxyl groups excluding tert-OH is 2. The van der Waals surface area contributed by atoms with Gasteiger partial charge in [0, 0.05) is 46.8 Å². The second-order valence-electron chi connectivity index (χ2n) is 9.54. The first kappa shape index (κ1) is 28.2. The van der Waals surface area contributed by atoms with Crippen LogP contribution in [0.3, 0.4) is 0 Å². The Balaban J connectivity index is 1.61. The van der Waals surface area contributed by atoms with Crippen molar-refractivity contribution < 1.29 is 33.9 Å². The largest absolute Gasteiger partial charge is 0.496 e. The summed E-state index contributed by atoms with van der Waals surface area (Å²) in [6.07, 6.45) is 2.13. The van der Waals surface area contributed by atoms with Crippen molar-refractivity contribution in [3.63, 3.8) is 0 Å². The maximum atomic E-state index is 11.4. The van der Waals surface area contributed by atoms with Gasteiger partial charge >= 0.3 is 0 Å². The lowest BCUT2D eigenvalue weighted by molar-refractivity contribution is -0.169. The molecule has 4 unspecified atom stereocenters. The third-order valence-corrected chi connectivity index (χ3v) is 6.99. The Morgan fingerprint density at radius 3 is 1.89 bits per heavy atom. The Morgan fingerprint density at radius 1 is 0.865 bits per heavy atom. The normalized spacial score (nSPS) is 22.0. The van der Waals surface area contributed by atoms with Crippen LogP contribution in [-0.2, 0) is 32.2 Å². The summed E-state index contributed by atoms with van der Waals surface area (Å²) < 4.78 is 28.9. The fourth-order valence-electron chi connectivity index (χ4n) is 4.67. The smallest absolute Gasteiger partial charge is 0.158 e. The van der Waals surface area contributed by atoms with Gasteiger partial charge in [-0.25, -0.2) is 0 Å². The molecule has 2 aliphatic rings. The van der Waals surface area contributed by atoms with Gasteiger partial charge in [0.2, 0.25) is 0 Å². The van der Waals surface area contributed by atoms with E-state index in [0.717, 1.165) is 38.5 Å². The van der Waals surface area contributed by atoms with Crippen molar-refractivity contribution in [3.8, 4) is 5.75 Å². The molecule has 10 heteroatoms. The van der Waals surface area contributed by atoms with Gasteiger partial charge in [-0.05, 0) is 58.4 Å². The van der Waals surface area contributed by atoms with Crippen molar-refractivity contribution in [3.05, 3.63) is 51.1 Å². The second-order valence-corrected chi connectivity index (χ2v) is 9.95. The number of aromatic nitrogens is 2. The average molecular weight is 537 g/mol. The summed E-state index contributed by atoms with van der Waals surface area (Å²) >= 11 is 6.56. The predicted molar refractivity (Wildman–Crippen MR) is 136 cm³/mol. The summed E-state index contributed by atoms with van der Waals surface area (Å²) in [6, 6.07) is 3.48. The number of hydrogen-bond acceptors (Lipinski definition) is 9. The summed E-state index contributed by atoms with van der Waals surface area (Å²) in [7, 11) is 1.55. The molecular weight excluding hydrogens is 500 g/mol. The first-order valence-corrected chi connectivity index (χ1v) is 13.3. The van der Waals surface area contributed by atoms with Crippen molar-refractivity contribution in [1.29, 1.82) is 0 Å². The first-order valence-electron chi connectivity index (χ1n) is 12.9. The number of aliphatic hydroxyl groups is 2. The van der Waals surface area contributed by atoms with Crippen LogP contribution in [0.4, 0.5) is 0 Å². The minimum Gasteiger partial charge on any atom is -0.496 e. The predicted octanol–water partition coefficient (Wildman–Crippen LogP) is 4.61. The minimum absolute atomic E-state index is 0.0927. The number of halogens is 1. The highest BCUT2D eigenvalue weighted by Crippen LogP contribution is 2.37. The zero-order chi connectivity index (χ0) is 26.4. The zero-order valence-corrected chi connectivity index (χ0v) is 22.5. The van der Waals surface area contributed by atoms with Crippen molar-refractivity contribution >= 4 is 11.6 Å². The highest BCUT2D eigenvalue weighted by atomic mass is 35.5. The Morgan fingerprint density at radius 2 is 1.38 bits per heavy atom. The van der Waals surface area contributed by atoms with Crippen molar-refractivity contribution in [1.82, 2.24) is 9.97 Å². The van der Waals surface area contributed by atoms with Crippen LogP contribution in [0.2, 0.25) is 5.02 Å². The maximum absolute atomic E-state index is 11.4. The molecule has 4 rings (SSSR count). The molecule has 0 bridgehead atoms. The van der Waals surface area contributed by atoms with E-state index >= 15 is 0 Å². The summed E-state index contributed by atoms with van der Waals surface area (Å²) in [4.78, 5) is 9.10. The van der Waals surface area contributed by atoms with E-state index in [9.17, 15) is 10.2 Å². The average Bonchev–Trinajstić information content (AvgIpc) is 2.91. The number of pyridine rings is 2. The van der Waals surface area contributed by atoms with Crippen molar-refractivity contribution in [2.45, 2.75) is 90.4 Å². The summed E-state index contributed by atoms with van der Waals surface area (Å²) in [5.41, 5.74) is 2.77. The molecule has 2 N–H and O–H groups in total. The van der Waals surface area contributed by atoms with Gasteiger partial charge < -0.3 is 33.9 Å². The molecule has 2 fully saturated rings. The third-order valence-electron chi connectivity index (χ3n) is 6.66. The van der Waals surface area contributed by atoms with Crippen LogP contribution < -0.4 is 4.74 Å².